The van der Waals surface area contributed by atoms with Crippen molar-refractivity contribution < 1.29 is 38.7 Å². The Morgan fingerprint density at radius 3 is 1.52 bits per heavy atom. The molecule has 0 saturated heterocycles. The summed E-state index contributed by atoms with van der Waals surface area (Å²) in [5, 5.41) is 19.1. The predicted octanol–water partition coefficient (Wildman–Crippen LogP) is 1.90. The summed E-state index contributed by atoms with van der Waals surface area (Å²) in [7, 11) is 4.15. The van der Waals surface area contributed by atoms with Crippen molar-refractivity contribution in [1.82, 2.24) is 0 Å². The van der Waals surface area contributed by atoms with Crippen LogP contribution >= 0.6 is 0 Å². The van der Waals surface area contributed by atoms with Gasteiger partial charge in [0.05, 0.1) is 20.7 Å². The van der Waals surface area contributed by atoms with Crippen LogP contribution in [-0.4, -0.2) is 54.6 Å². The Balaban J connectivity index is 0. The minimum absolute atomic E-state index is 0. The summed E-state index contributed by atoms with van der Waals surface area (Å²) >= 11 is 0. The van der Waals surface area contributed by atoms with E-state index in [1.165, 1.54) is 77.0 Å². The van der Waals surface area contributed by atoms with Crippen LogP contribution in [0.2, 0.25) is 0 Å². The highest BCUT2D eigenvalue weighted by molar-refractivity contribution is 4.56. The number of halogens is 1. The summed E-state index contributed by atoms with van der Waals surface area (Å²) in [6, 6.07) is 0. The molecule has 154 valence electrons. The Kier molecular flexibility index (Phi) is 21.6. The first-order valence-corrected chi connectivity index (χ1v) is 10.6. The molecule has 3 nitrogen and oxygen atoms in total. The Bertz CT molecular complexity index is 262. The Morgan fingerprint density at radius 2 is 1.12 bits per heavy atom. The monoisotopic (exact) mass is 471 g/mol. The standard InChI is InChI=1S/C21H46NO2.HI/c1-4-5-6-7-8-9-10-11-12-13-14-15-16-17-21(24)20-22(2,3)18-19-23;/h21,23-24H,4-20H2,1-3H3;1H/q+1;/p-1/t21-;/m0./s1. The highest BCUT2D eigenvalue weighted by Crippen LogP contribution is 2.14. The third-order valence-corrected chi connectivity index (χ3v) is 5.05. The van der Waals surface area contributed by atoms with Gasteiger partial charge in [-0.15, -0.1) is 0 Å². The number of rotatable bonds is 18. The van der Waals surface area contributed by atoms with Gasteiger partial charge in [0.15, 0.2) is 0 Å². The van der Waals surface area contributed by atoms with Crippen LogP contribution in [-0.2, 0) is 0 Å². The molecule has 0 aromatic heterocycles. The molecule has 0 aromatic carbocycles. The summed E-state index contributed by atoms with van der Waals surface area (Å²) in [6.07, 6.45) is 18.4. The van der Waals surface area contributed by atoms with E-state index in [0.717, 1.165) is 25.9 Å². The van der Waals surface area contributed by atoms with Gasteiger partial charge in [-0.1, -0.05) is 90.4 Å². The molecule has 0 bridgehead atoms. The van der Waals surface area contributed by atoms with Gasteiger partial charge in [-0.05, 0) is 6.42 Å². The van der Waals surface area contributed by atoms with Crippen LogP contribution < -0.4 is 24.0 Å². The van der Waals surface area contributed by atoms with Crippen molar-refractivity contribution in [3.05, 3.63) is 0 Å². The van der Waals surface area contributed by atoms with Crippen molar-refractivity contribution in [3.63, 3.8) is 0 Å². The molecule has 0 saturated carbocycles. The minimum Gasteiger partial charge on any atom is -1.00 e. The highest BCUT2D eigenvalue weighted by Gasteiger charge is 2.19. The van der Waals surface area contributed by atoms with Crippen LogP contribution in [0.5, 0.6) is 0 Å². The third kappa shape index (κ3) is 20.8. The van der Waals surface area contributed by atoms with E-state index < -0.39 is 0 Å². The zero-order valence-electron chi connectivity index (χ0n) is 17.3. The van der Waals surface area contributed by atoms with Crippen molar-refractivity contribution in [2.45, 2.75) is 103 Å². The normalized spacial score (nSPS) is 12.8. The van der Waals surface area contributed by atoms with E-state index in [2.05, 4.69) is 21.0 Å². The summed E-state index contributed by atoms with van der Waals surface area (Å²) in [4.78, 5) is 0. The lowest BCUT2D eigenvalue weighted by molar-refractivity contribution is -0.893. The van der Waals surface area contributed by atoms with E-state index in [-0.39, 0.29) is 36.7 Å². The molecule has 0 aromatic rings. The second kappa shape index (κ2) is 19.4. The molecule has 4 heteroatoms. The van der Waals surface area contributed by atoms with Gasteiger partial charge in [-0.2, -0.15) is 0 Å². The smallest absolute Gasteiger partial charge is 0.105 e. The molecule has 0 heterocycles. The van der Waals surface area contributed by atoms with Crippen LogP contribution in [0.25, 0.3) is 0 Å². The molecule has 0 aliphatic rings. The molecule has 0 rings (SSSR count). The fourth-order valence-electron chi connectivity index (χ4n) is 3.42. The molecule has 2 N–H and O–H groups in total. The van der Waals surface area contributed by atoms with Crippen molar-refractivity contribution in [3.8, 4) is 0 Å². The SMILES string of the molecule is CCCCCCCCCCCCCCC[C@H](O)C[N+](C)(C)CCO.[I-]. The van der Waals surface area contributed by atoms with Crippen LogP contribution in [0.4, 0.5) is 0 Å². The molecule has 1 atom stereocenters. The maximum atomic E-state index is 10.1. The number of aliphatic hydroxyl groups excluding tert-OH is 2. The van der Waals surface area contributed by atoms with E-state index in [1.807, 2.05) is 0 Å². The zero-order valence-corrected chi connectivity index (χ0v) is 19.5. The molecular weight excluding hydrogens is 425 g/mol. The van der Waals surface area contributed by atoms with Crippen molar-refractivity contribution in [2.75, 3.05) is 33.8 Å². The van der Waals surface area contributed by atoms with Crippen molar-refractivity contribution in [1.29, 1.82) is 0 Å². The van der Waals surface area contributed by atoms with E-state index in [9.17, 15) is 5.11 Å². The molecule has 0 radical (unpaired) electrons. The second-order valence-electron chi connectivity index (χ2n) is 8.25. The van der Waals surface area contributed by atoms with Gasteiger partial charge in [-0.3, -0.25) is 0 Å². The van der Waals surface area contributed by atoms with Gasteiger partial charge in [-0.25, -0.2) is 0 Å². The number of nitrogens with zero attached hydrogens (tertiary/aromatic N) is 1. The lowest BCUT2D eigenvalue weighted by atomic mass is 10.0. The number of aliphatic hydroxyl groups is 2. The van der Waals surface area contributed by atoms with Gasteiger partial charge in [0.25, 0.3) is 0 Å². The number of likely N-dealkylation sites (N-methyl/N-ethyl adjacent to an activating group) is 1. The molecular formula is C21H46INO2. The molecule has 0 fully saturated rings. The number of hydrogen-bond donors (Lipinski definition) is 2. The summed E-state index contributed by atoms with van der Waals surface area (Å²) < 4.78 is 0.704. The molecule has 0 aliphatic carbocycles. The Hall–Kier alpha value is 0.610. The second-order valence-corrected chi connectivity index (χ2v) is 8.25. The lowest BCUT2D eigenvalue weighted by Crippen LogP contribution is -3.00. The average Bonchev–Trinajstić information content (AvgIpc) is 2.51. The van der Waals surface area contributed by atoms with Gasteiger partial charge < -0.3 is 38.7 Å². The van der Waals surface area contributed by atoms with Crippen molar-refractivity contribution >= 4 is 0 Å². The van der Waals surface area contributed by atoms with Gasteiger partial charge in [0.1, 0.15) is 19.2 Å². The molecule has 0 aliphatic heterocycles. The summed E-state index contributed by atoms with van der Waals surface area (Å²) in [5.74, 6) is 0. The predicted molar refractivity (Wildman–Crippen MR) is 105 cm³/mol. The molecule has 0 amide bonds. The fourth-order valence-corrected chi connectivity index (χ4v) is 3.42. The van der Waals surface area contributed by atoms with Crippen LogP contribution in [0, 0.1) is 0 Å². The number of hydrogen-bond acceptors (Lipinski definition) is 2. The maximum absolute atomic E-state index is 10.1. The van der Waals surface area contributed by atoms with Crippen LogP contribution in [0.3, 0.4) is 0 Å². The van der Waals surface area contributed by atoms with E-state index in [4.69, 9.17) is 5.11 Å². The largest absolute Gasteiger partial charge is 1.00 e. The maximum Gasteiger partial charge on any atom is 0.105 e. The first-order chi connectivity index (χ1) is 11.5. The minimum atomic E-state index is -0.223. The number of quaternary nitrogens is 1. The third-order valence-electron chi connectivity index (χ3n) is 5.05. The summed E-state index contributed by atoms with van der Waals surface area (Å²) in [6.45, 7) is 3.94. The first-order valence-electron chi connectivity index (χ1n) is 10.6. The zero-order chi connectivity index (χ0) is 18.1. The first kappa shape index (κ1) is 27.8. The quantitative estimate of drug-likeness (QED) is 0.182. The molecule has 25 heavy (non-hydrogen) atoms. The van der Waals surface area contributed by atoms with Crippen molar-refractivity contribution in [2.24, 2.45) is 0 Å². The van der Waals surface area contributed by atoms with Crippen LogP contribution in [0.15, 0.2) is 0 Å². The highest BCUT2D eigenvalue weighted by atomic mass is 127. The van der Waals surface area contributed by atoms with Gasteiger partial charge >= 0.3 is 0 Å². The Labute approximate surface area is 175 Å². The average molecular weight is 472 g/mol. The van der Waals surface area contributed by atoms with E-state index in [0.29, 0.717) is 4.48 Å². The topological polar surface area (TPSA) is 40.5 Å². The fraction of sp³-hybridized carbons (Fsp3) is 1.00. The molecule has 0 unspecified atom stereocenters. The number of unbranched alkanes of at least 4 members (excludes halogenated alkanes) is 12. The summed E-state index contributed by atoms with van der Waals surface area (Å²) in [5.41, 5.74) is 0. The van der Waals surface area contributed by atoms with E-state index in [1.54, 1.807) is 0 Å². The van der Waals surface area contributed by atoms with Gasteiger partial charge in [0.2, 0.25) is 0 Å². The van der Waals surface area contributed by atoms with Gasteiger partial charge in [0, 0.05) is 0 Å². The lowest BCUT2D eigenvalue weighted by Gasteiger charge is -2.31. The Morgan fingerprint density at radius 1 is 0.720 bits per heavy atom. The molecule has 0 spiro atoms. The van der Waals surface area contributed by atoms with E-state index >= 15 is 0 Å². The van der Waals surface area contributed by atoms with Crippen LogP contribution in [0.1, 0.15) is 96.8 Å².